The standard InChI is InChI=1S/C14H20N6O/c1-4-11(12-6-7-18-20(12)3)19-13(21)10-8-16-14(15-5-2)17-9-10/h6-9,11H,4-5H2,1-3H3,(H,19,21)(H,15,16,17)/t11-/m0/s1. The molecule has 0 spiro atoms. The predicted octanol–water partition coefficient (Wildman–Crippen LogP) is 1.52. The zero-order valence-corrected chi connectivity index (χ0v) is 12.5. The number of hydrogen-bond donors (Lipinski definition) is 2. The fraction of sp³-hybridized carbons (Fsp3) is 0.429. The van der Waals surface area contributed by atoms with Crippen LogP contribution in [0.5, 0.6) is 0 Å². The Kier molecular flexibility index (Phi) is 4.86. The van der Waals surface area contributed by atoms with Gasteiger partial charge in [-0.1, -0.05) is 6.92 Å². The van der Waals surface area contributed by atoms with Crippen LogP contribution in [0.4, 0.5) is 5.95 Å². The van der Waals surface area contributed by atoms with Crippen molar-refractivity contribution in [1.29, 1.82) is 0 Å². The number of anilines is 1. The van der Waals surface area contributed by atoms with Gasteiger partial charge in [0, 0.05) is 32.2 Å². The highest BCUT2D eigenvalue weighted by atomic mass is 16.1. The number of aryl methyl sites for hydroxylation is 1. The van der Waals surface area contributed by atoms with E-state index in [1.54, 1.807) is 10.9 Å². The summed E-state index contributed by atoms with van der Waals surface area (Å²) in [5, 5.41) is 10.1. The lowest BCUT2D eigenvalue weighted by Gasteiger charge is -2.17. The maximum Gasteiger partial charge on any atom is 0.254 e. The maximum atomic E-state index is 12.2. The molecule has 0 aromatic carbocycles. The molecule has 7 heteroatoms. The zero-order valence-electron chi connectivity index (χ0n) is 12.5. The zero-order chi connectivity index (χ0) is 15.2. The van der Waals surface area contributed by atoms with Crippen LogP contribution >= 0.6 is 0 Å². The molecule has 0 aliphatic rings. The van der Waals surface area contributed by atoms with Crippen molar-refractivity contribution in [3.8, 4) is 0 Å². The van der Waals surface area contributed by atoms with Crippen molar-refractivity contribution in [2.75, 3.05) is 11.9 Å². The van der Waals surface area contributed by atoms with Gasteiger partial charge in [-0.05, 0) is 19.4 Å². The largest absolute Gasteiger partial charge is 0.355 e. The van der Waals surface area contributed by atoms with Crippen molar-refractivity contribution in [2.45, 2.75) is 26.3 Å². The normalized spacial score (nSPS) is 12.0. The van der Waals surface area contributed by atoms with Crippen LogP contribution in [0.1, 0.15) is 42.4 Å². The third kappa shape index (κ3) is 3.56. The number of carbonyl (C=O) groups is 1. The van der Waals surface area contributed by atoms with E-state index in [-0.39, 0.29) is 11.9 Å². The van der Waals surface area contributed by atoms with Crippen LogP contribution in [-0.2, 0) is 7.05 Å². The maximum absolute atomic E-state index is 12.2. The number of amides is 1. The molecule has 0 fully saturated rings. The molecule has 2 N–H and O–H groups in total. The summed E-state index contributed by atoms with van der Waals surface area (Å²) in [6.07, 6.45) is 5.55. The molecule has 2 aromatic heterocycles. The van der Waals surface area contributed by atoms with Crippen LogP contribution in [0.15, 0.2) is 24.7 Å². The van der Waals surface area contributed by atoms with Gasteiger partial charge in [-0.25, -0.2) is 9.97 Å². The van der Waals surface area contributed by atoms with E-state index in [1.165, 1.54) is 12.4 Å². The van der Waals surface area contributed by atoms with Crippen LogP contribution in [0, 0.1) is 0 Å². The highest BCUT2D eigenvalue weighted by Gasteiger charge is 2.17. The first-order valence-electron chi connectivity index (χ1n) is 7.00. The average Bonchev–Trinajstić information content (AvgIpc) is 2.92. The summed E-state index contributed by atoms with van der Waals surface area (Å²) in [7, 11) is 1.86. The summed E-state index contributed by atoms with van der Waals surface area (Å²) >= 11 is 0. The minimum Gasteiger partial charge on any atom is -0.355 e. The van der Waals surface area contributed by atoms with Crippen molar-refractivity contribution < 1.29 is 4.79 Å². The molecule has 0 aliphatic carbocycles. The first-order chi connectivity index (χ1) is 10.2. The van der Waals surface area contributed by atoms with Gasteiger partial charge in [-0.15, -0.1) is 0 Å². The Hall–Kier alpha value is -2.44. The summed E-state index contributed by atoms with van der Waals surface area (Å²) in [6, 6.07) is 1.82. The minimum atomic E-state index is -0.189. The van der Waals surface area contributed by atoms with Crippen LogP contribution in [0.2, 0.25) is 0 Å². The molecular weight excluding hydrogens is 268 g/mol. The third-order valence-electron chi connectivity index (χ3n) is 3.18. The van der Waals surface area contributed by atoms with Gasteiger partial charge in [0.15, 0.2) is 0 Å². The lowest BCUT2D eigenvalue weighted by atomic mass is 10.1. The van der Waals surface area contributed by atoms with E-state index in [1.807, 2.05) is 27.0 Å². The Labute approximate surface area is 123 Å². The van der Waals surface area contributed by atoms with Crippen molar-refractivity contribution in [1.82, 2.24) is 25.1 Å². The molecule has 0 bridgehead atoms. The topological polar surface area (TPSA) is 84.7 Å². The Balaban J connectivity index is 2.07. The van der Waals surface area contributed by atoms with Crippen LogP contribution < -0.4 is 10.6 Å². The van der Waals surface area contributed by atoms with E-state index in [9.17, 15) is 4.79 Å². The number of hydrogen-bond acceptors (Lipinski definition) is 5. The second kappa shape index (κ2) is 6.83. The Morgan fingerprint density at radius 1 is 1.33 bits per heavy atom. The first kappa shape index (κ1) is 15.0. The lowest BCUT2D eigenvalue weighted by Crippen LogP contribution is -2.29. The number of rotatable bonds is 6. The highest BCUT2D eigenvalue weighted by Crippen LogP contribution is 2.16. The van der Waals surface area contributed by atoms with E-state index in [0.717, 1.165) is 18.7 Å². The van der Waals surface area contributed by atoms with E-state index in [2.05, 4.69) is 25.7 Å². The highest BCUT2D eigenvalue weighted by molar-refractivity contribution is 5.93. The fourth-order valence-electron chi connectivity index (χ4n) is 2.05. The molecule has 0 radical (unpaired) electrons. The molecule has 112 valence electrons. The monoisotopic (exact) mass is 288 g/mol. The summed E-state index contributed by atoms with van der Waals surface area (Å²) in [6.45, 7) is 4.72. The number of nitrogens with zero attached hydrogens (tertiary/aromatic N) is 4. The lowest BCUT2D eigenvalue weighted by molar-refractivity contribution is 0.0933. The van der Waals surface area contributed by atoms with Gasteiger partial charge in [0.05, 0.1) is 17.3 Å². The predicted molar refractivity (Wildman–Crippen MR) is 79.9 cm³/mol. The Bertz CT molecular complexity index is 592. The smallest absolute Gasteiger partial charge is 0.254 e. The number of nitrogens with one attached hydrogen (secondary N) is 2. The summed E-state index contributed by atoms with van der Waals surface area (Å²) < 4.78 is 1.76. The average molecular weight is 288 g/mol. The Morgan fingerprint density at radius 2 is 2.05 bits per heavy atom. The van der Waals surface area contributed by atoms with E-state index >= 15 is 0 Å². The SMILES string of the molecule is CCNc1ncc(C(=O)N[C@@H](CC)c2ccnn2C)cn1. The molecule has 2 heterocycles. The van der Waals surface area contributed by atoms with Crippen LogP contribution in [-0.4, -0.2) is 32.2 Å². The van der Waals surface area contributed by atoms with E-state index < -0.39 is 0 Å². The molecule has 0 aliphatic heterocycles. The first-order valence-corrected chi connectivity index (χ1v) is 7.00. The van der Waals surface area contributed by atoms with E-state index in [0.29, 0.717) is 11.5 Å². The molecule has 7 nitrogen and oxygen atoms in total. The molecule has 2 aromatic rings. The summed E-state index contributed by atoms with van der Waals surface area (Å²) in [4.78, 5) is 20.5. The summed E-state index contributed by atoms with van der Waals surface area (Å²) in [5.74, 6) is 0.332. The van der Waals surface area contributed by atoms with Gasteiger partial charge >= 0.3 is 0 Å². The fourth-order valence-corrected chi connectivity index (χ4v) is 2.05. The van der Waals surface area contributed by atoms with Crippen molar-refractivity contribution >= 4 is 11.9 Å². The van der Waals surface area contributed by atoms with Crippen molar-refractivity contribution in [2.24, 2.45) is 7.05 Å². The molecular formula is C14H20N6O. The molecule has 0 saturated carbocycles. The summed E-state index contributed by atoms with van der Waals surface area (Å²) in [5.41, 5.74) is 1.41. The molecule has 1 amide bonds. The van der Waals surface area contributed by atoms with E-state index in [4.69, 9.17) is 0 Å². The third-order valence-corrected chi connectivity index (χ3v) is 3.18. The molecule has 1 atom stereocenters. The van der Waals surface area contributed by atoms with Gasteiger partial charge in [0.2, 0.25) is 5.95 Å². The molecule has 0 unspecified atom stereocenters. The van der Waals surface area contributed by atoms with Gasteiger partial charge in [-0.3, -0.25) is 9.48 Å². The van der Waals surface area contributed by atoms with Crippen LogP contribution in [0.3, 0.4) is 0 Å². The van der Waals surface area contributed by atoms with Gasteiger partial charge < -0.3 is 10.6 Å². The van der Waals surface area contributed by atoms with Crippen LogP contribution in [0.25, 0.3) is 0 Å². The molecule has 21 heavy (non-hydrogen) atoms. The quantitative estimate of drug-likeness (QED) is 0.842. The molecule has 0 saturated heterocycles. The van der Waals surface area contributed by atoms with Crippen molar-refractivity contribution in [3.05, 3.63) is 35.9 Å². The van der Waals surface area contributed by atoms with Gasteiger partial charge in [0.25, 0.3) is 5.91 Å². The Morgan fingerprint density at radius 3 is 2.57 bits per heavy atom. The number of carbonyl (C=O) groups excluding carboxylic acids is 1. The second-order valence-electron chi connectivity index (χ2n) is 4.64. The van der Waals surface area contributed by atoms with Crippen molar-refractivity contribution in [3.63, 3.8) is 0 Å². The van der Waals surface area contributed by atoms with Gasteiger partial charge in [-0.2, -0.15) is 5.10 Å². The minimum absolute atomic E-state index is 0.0848. The number of aromatic nitrogens is 4. The van der Waals surface area contributed by atoms with Gasteiger partial charge in [0.1, 0.15) is 0 Å². The molecule has 2 rings (SSSR count). The second-order valence-corrected chi connectivity index (χ2v) is 4.64.